The summed E-state index contributed by atoms with van der Waals surface area (Å²) < 4.78 is 16.9. The molecule has 0 bridgehead atoms. The quantitative estimate of drug-likeness (QED) is 0.369. The van der Waals surface area contributed by atoms with E-state index in [0.29, 0.717) is 28.2 Å². The fourth-order valence-electron chi connectivity index (χ4n) is 3.81. The molecular weight excluding hydrogens is 432 g/mol. The van der Waals surface area contributed by atoms with Gasteiger partial charge >= 0.3 is 0 Å². The van der Waals surface area contributed by atoms with Gasteiger partial charge in [-0.15, -0.1) is 0 Å². The van der Waals surface area contributed by atoms with Gasteiger partial charge in [-0.1, -0.05) is 24.3 Å². The second-order valence-electron chi connectivity index (χ2n) is 7.66. The molecule has 0 saturated carbocycles. The Morgan fingerprint density at radius 2 is 1.71 bits per heavy atom. The zero-order chi connectivity index (χ0) is 24.2. The summed E-state index contributed by atoms with van der Waals surface area (Å²) >= 11 is 0. The maximum atomic E-state index is 12.7. The van der Waals surface area contributed by atoms with Crippen LogP contribution < -0.4 is 20.5 Å². The minimum absolute atomic E-state index is 0.314. The fourth-order valence-corrected chi connectivity index (χ4v) is 3.81. The number of nitrogens with two attached hydrogens (primary N) is 1. The van der Waals surface area contributed by atoms with Crippen molar-refractivity contribution < 1.29 is 23.5 Å². The number of para-hydroxylation sites is 1. The van der Waals surface area contributed by atoms with E-state index in [1.807, 2.05) is 37.3 Å². The van der Waals surface area contributed by atoms with Crippen molar-refractivity contribution in [2.45, 2.75) is 6.92 Å². The molecular formula is C27H24N2O5. The van der Waals surface area contributed by atoms with E-state index in [9.17, 15) is 9.59 Å². The summed E-state index contributed by atoms with van der Waals surface area (Å²) in [6.07, 6.45) is 3.16. The van der Waals surface area contributed by atoms with Crippen molar-refractivity contribution in [1.29, 1.82) is 0 Å². The smallest absolute Gasteiger partial charge is 0.248 e. The first kappa shape index (κ1) is 22.7. The van der Waals surface area contributed by atoms with E-state index in [2.05, 4.69) is 5.32 Å². The molecule has 7 heteroatoms. The number of fused-ring (bicyclic) bond motifs is 1. The summed E-state index contributed by atoms with van der Waals surface area (Å²) in [4.78, 5) is 24.1. The van der Waals surface area contributed by atoms with Gasteiger partial charge in [-0.3, -0.25) is 9.59 Å². The highest BCUT2D eigenvalue weighted by Crippen LogP contribution is 2.40. The Morgan fingerprint density at radius 3 is 2.44 bits per heavy atom. The summed E-state index contributed by atoms with van der Waals surface area (Å²) in [5.41, 5.74) is 9.96. The number of amides is 2. The normalized spacial score (nSPS) is 11.3. The number of rotatable bonds is 7. The molecule has 0 aliphatic carbocycles. The number of methoxy groups -OCH3 is 2. The van der Waals surface area contributed by atoms with Crippen molar-refractivity contribution in [2.75, 3.05) is 19.5 Å². The van der Waals surface area contributed by atoms with Gasteiger partial charge in [0.05, 0.1) is 20.5 Å². The average Bonchev–Trinajstić information content (AvgIpc) is 3.25. The average molecular weight is 456 g/mol. The van der Waals surface area contributed by atoms with Gasteiger partial charge in [-0.05, 0) is 42.8 Å². The summed E-state index contributed by atoms with van der Waals surface area (Å²) in [6, 6.07) is 17.9. The Labute approximate surface area is 196 Å². The molecule has 3 aromatic carbocycles. The maximum Gasteiger partial charge on any atom is 0.248 e. The van der Waals surface area contributed by atoms with Gasteiger partial charge in [0.1, 0.15) is 17.1 Å². The molecule has 0 fully saturated rings. The number of ether oxygens (including phenoxy) is 2. The molecule has 4 rings (SSSR count). The molecule has 3 N–H and O–H groups in total. The van der Waals surface area contributed by atoms with E-state index in [1.165, 1.54) is 12.1 Å². The monoisotopic (exact) mass is 456 g/mol. The van der Waals surface area contributed by atoms with Crippen molar-refractivity contribution >= 4 is 34.0 Å². The van der Waals surface area contributed by atoms with E-state index in [4.69, 9.17) is 19.6 Å². The standard InChI is InChI=1S/C27H24N2O5/c1-16(11-26(30)29-18-8-6-7-17(12-18)27(28)31)20-13-21-22(15-34-25(21)14-24(20)33-3)19-9-4-5-10-23(19)32-2/h4-15H,1-3H3,(H2,28,31)(H,29,30)/b16-11+. The molecule has 0 aliphatic heterocycles. The highest BCUT2D eigenvalue weighted by Gasteiger charge is 2.17. The minimum atomic E-state index is -0.563. The lowest BCUT2D eigenvalue weighted by atomic mass is 9.98. The minimum Gasteiger partial charge on any atom is -0.496 e. The summed E-state index contributed by atoms with van der Waals surface area (Å²) in [7, 11) is 3.19. The summed E-state index contributed by atoms with van der Waals surface area (Å²) in [6.45, 7) is 1.83. The fraction of sp³-hybridized carbons (Fsp3) is 0.111. The van der Waals surface area contributed by atoms with Crippen LogP contribution in [0.15, 0.2) is 77.4 Å². The molecule has 2 amide bonds. The van der Waals surface area contributed by atoms with Crippen LogP contribution in [0.1, 0.15) is 22.8 Å². The number of hydrogen-bond acceptors (Lipinski definition) is 5. The molecule has 7 nitrogen and oxygen atoms in total. The lowest BCUT2D eigenvalue weighted by Crippen LogP contribution is -2.13. The highest BCUT2D eigenvalue weighted by atomic mass is 16.5. The second kappa shape index (κ2) is 9.54. The van der Waals surface area contributed by atoms with Crippen LogP contribution in [0.4, 0.5) is 5.69 Å². The molecule has 1 heterocycles. The van der Waals surface area contributed by atoms with Crippen molar-refractivity contribution in [1.82, 2.24) is 0 Å². The van der Waals surface area contributed by atoms with Crippen molar-refractivity contribution in [3.63, 3.8) is 0 Å². The van der Waals surface area contributed by atoms with E-state index in [0.717, 1.165) is 27.8 Å². The third-order valence-electron chi connectivity index (χ3n) is 5.48. The van der Waals surface area contributed by atoms with Crippen LogP contribution >= 0.6 is 0 Å². The zero-order valence-corrected chi connectivity index (χ0v) is 19.0. The maximum absolute atomic E-state index is 12.7. The predicted molar refractivity (Wildman–Crippen MR) is 132 cm³/mol. The highest BCUT2D eigenvalue weighted by molar-refractivity contribution is 6.06. The number of anilines is 1. The van der Waals surface area contributed by atoms with Gasteiger partial charge in [0.25, 0.3) is 0 Å². The van der Waals surface area contributed by atoms with E-state index in [1.54, 1.807) is 44.7 Å². The van der Waals surface area contributed by atoms with Crippen LogP contribution in [0.5, 0.6) is 11.5 Å². The Balaban J connectivity index is 1.71. The lowest BCUT2D eigenvalue weighted by molar-refractivity contribution is -0.111. The number of benzene rings is 3. The van der Waals surface area contributed by atoms with Crippen LogP contribution in [0.25, 0.3) is 27.7 Å². The van der Waals surface area contributed by atoms with E-state index in [-0.39, 0.29) is 5.91 Å². The second-order valence-corrected chi connectivity index (χ2v) is 7.66. The number of carbonyl (C=O) groups excluding carboxylic acids is 2. The Bertz CT molecular complexity index is 1420. The number of nitrogens with one attached hydrogen (secondary N) is 1. The Morgan fingerprint density at radius 1 is 0.941 bits per heavy atom. The van der Waals surface area contributed by atoms with Crippen LogP contribution in [0, 0.1) is 0 Å². The molecule has 0 saturated heterocycles. The summed E-state index contributed by atoms with van der Waals surface area (Å²) in [5.74, 6) is 0.392. The molecule has 0 spiro atoms. The largest absolute Gasteiger partial charge is 0.496 e. The molecule has 34 heavy (non-hydrogen) atoms. The van der Waals surface area contributed by atoms with Crippen molar-refractivity contribution in [3.8, 4) is 22.6 Å². The summed E-state index contributed by atoms with van der Waals surface area (Å²) in [5, 5.41) is 3.62. The first-order valence-corrected chi connectivity index (χ1v) is 10.5. The Hall–Kier alpha value is -4.52. The first-order valence-electron chi connectivity index (χ1n) is 10.5. The van der Waals surface area contributed by atoms with Crippen LogP contribution in [0.2, 0.25) is 0 Å². The van der Waals surface area contributed by atoms with Crippen molar-refractivity contribution in [2.24, 2.45) is 5.73 Å². The molecule has 0 unspecified atom stereocenters. The van der Waals surface area contributed by atoms with Gasteiger partial charge in [0, 0.05) is 45.5 Å². The molecule has 0 aliphatic rings. The number of furan rings is 1. The number of carbonyl (C=O) groups is 2. The molecule has 172 valence electrons. The molecule has 1 aromatic heterocycles. The van der Waals surface area contributed by atoms with Crippen LogP contribution in [0.3, 0.4) is 0 Å². The lowest BCUT2D eigenvalue weighted by Gasteiger charge is -2.11. The van der Waals surface area contributed by atoms with Gasteiger partial charge < -0.3 is 24.9 Å². The number of hydrogen-bond donors (Lipinski definition) is 2. The number of allylic oxidation sites excluding steroid dienone is 1. The van der Waals surface area contributed by atoms with Crippen molar-refractivity contribution in [3.05, 3.63) is 84.1 Å². The van der Waals surface area contributed by atoms with Crippen LogP contribution in [-0.4, -0.2) is 26.0 Å². The Kier molecular flexibility index (Phi) is 6.36. The van der Waals surface area contributed by atoms with Gasteiger partial charge in [0.15, 0.2) is 0 Å². The predicted octanol–water partition coefficient (Wildman–Crippen LogP) is 5.26. The van der Waals surface area contributed by atoms with Gasteiger partial charge in [0.2, 0.25) is 11.8 Å². The topological polar surface area (TPSA) is 104 Å². The molecule has 0 radical (unpaired) electrons. The van der Waals surface area contributed by atoms with E-state index >= 15 is 0 Å². The van der Waals surface area contributed by atoms with E-state index < -0.39 is 5.91 Å². The molecule has 0 atom stereocenters. The van der Waals surface area contributed by atoms with Gasteiger partial charge in [-0.2, -0.15) is 0 Å². The molecule has 4 aromatic rings. The number of primary amides is 1. The zero-order valence-electron chi connectivity index (χ0n) is 19.0. The third kappa shape index (κ3) is 4.49. The van der Waals surface area contributed by atoms with Gasteiger partial charge in [-0.25, -0.2) is 0 Å². The SMILES string of the molecule is COc1cc2occ(-c3ccccc3OC)c2cc1/C(C)=C/C(=O)Nc1cccc(C(N)=O)c1. The first-order chi connectivity index (χ1) is 16.4. The third-order valence-corrected chi connectivity index (χ3v) is 5.48. The van der Waals surface area contributed by atoms with Crippen LogP contribution in [-0.2, 0) is 4.79 Å².